The molecule has 3 heteroatoms. The molecule has 2 N–H and O–H groups in total. The standard InChI is InChI=1S/C15H14N2O/c16-14-8-5-12(6-9-14)4-7-13(11-18)15-3-1-2-10-17-15/h1-3,5-11H,4,16H2/b13-7-. The van der Waals surface area contributed by atoms with Crippen molar-refractivity contribution in [2.45, 2.75) is 6.42 Å². The summed E-state index contributed by atoms with van der Waals surface area (Å²) in [7, 11) is 0. The highest BCUT2D eigenvalue weighted by Crippen LogP contribution is 2.12. The fraction of sp³-hybridized carbons (Fsp3) is 0.0667. The Morgan fingerprint density at radius 1 is 1.17 bits per heavy atom. The first kappa shape index (κ1) is 12.0. The zero-order valence-corrected chi connectivity index (χ0v) is 9.91. The normalized spacial score (nSPS) is 11.2. The van der Waals surface area contributed by atoms with Gasteiger partial charge in [-0.1, -0.05) is 24.3 Å². The van der Waals surface area contributed by atoms with E-state index in [2.05, 4.69) is 4.98 Å². The summed E-state index contributed by atoms with van der Waals surface area (Å²) in [5.41, 5.74) is 8.77. The number of nitrogen functional groups attached to an aromatic ring is 1. The molecule has 0 unspecified atom stereocenters. The van der Waals surface area contributed by atoms with Crippen LogP contribution in [0.15, 0.2) is 54.7 Å². The summed E-state index contributed by atoms with van der Waals surface area (Å²) >= 11 is 0. The van der Waals surface area contributed by atoms with E-state index in [-0.39, 0.29) is 0 Å². The van der Waals surface area contributed by atoms with Gasteiger partial charge in [0.2, 0.25) is 0 Å². The minimum Gasteiger partial charge on any atom is -0.399 e. The van der Waals surface area contributed by atoms with Gasteiger partial charge in [0, 0.05) is 17.5 Å². The number of anilines is 1. The van der Waals surface area contributed by atoms with E-state index in [0.717, 1.165) is 17.5 Å². The maximum Gasteiger partial charge on any atom is 0.151 e. The van der Waals surface area contributed by atoms with Crippen LogP contribution in [0.2, 0.25) is 0 Å². The number of nitrogens with two attached hydrogens (primary N) is 1. The van der Waals surface area contributed by atoms with E-state index in [1.54, 1.807) is 6.20 Å². The number of carbonyl (C=O) groups is 1. The van der Waals surface area contributed by atoms with E-state index in [1.807, 2.05) is 48.5 Å². The minimum atomic E-state index is 0.604. The van der Waals surface area contributed by atoms with Crippen LogP contribution < -0.4 is 5.73 Å². The average Bonchev–Trinajstić information content (AvgIpc) is 2.43. The van der Waals surface area contributed by atoms with Crippen molar-refractivity contribution in [2.24, 2.45) is 0 Å². The highest BCUT2D eigenvalue weighted by molar-refractivity contribution is 6.05. The summed E-state index contributed by atoms with van der Waals surface area (Å²) in [6.45, 7) is 0. The molecule has 0 saturated heterocycles. The maximum atomic E-state index is 11.1. The fourth-order valence-corrected chi connectivity index (χ4v) is 1.63. The second-order valence-corrected chi connectivity index (χ2v) is 3.94. The number of rotatable bonds is 4. The molecule has 0 aliphatic heterocycles. The van der Waals surface area contributed by atoms with Crippen molar-refractivity contribution in [3.05, 3.63) is 66.0 Å². The molecule has 18 heavy (non-hydrogen) atoms. The van der Waals surface area contributed by atoms with Crippen molar-refractivity contribution < 1.29 is 4.79 Å². The van der Waals surface area contributed by atoms with Gasteiger partial charge >= 0.3 is 0 Å². The zero-order valence-electron chi connectivity index (χ0n) is 9.91. The first-order chi connectivity index (χ1) is 8.79. The number of aromatic nitrogens is 1. The quantitative estimate of drug-likeness (QED) is 0.506. The third kappa shape index (κ3) is 3.04. The number of hydrogen-bond donors (Lipinski definition) is 1. The van der Waals surface area contributed by atoms with Crippen LogP contribution >= 0.6 is 0 Å². The van der Waals surface area contributed by atoms with E-state index >= 15 is 0 Å². The van der Waals surface area contributed by atoms with Crippen molar-refractivity contribution in [2.75, 3.05) is 5.73 Å². The van der Waals surface area contributed by atoms with Crippen LogP contribution in [0.25, 0.3) is 5.57 Å². The molecule has 0 amide bonds. The lowest BCUT2D eigenvalue weighted by Gasteiger charge is -2.00. The first-order valence-electron chi connectivity index (χ1n) is 5.71. The molecule has 0 aliphatic carbocycles. The molecule has 2 rings (SSSR count). The summed E-state index contributed by atoms with van der Waals surface area (Å²) in [4.78, 5) is 15.2. The van der Waals surface area contributed by atoms with Gasteiger partial charge in [-0.15, -0.1) is 0 Å². The molecular formula is C15H14N2O. The van der Waals surface area contributed by atoms with Crippen molar-refractivity contribution in [3.63, 3.8) is 0 Å². The zero-order chi connectivity index (χ0) is 12.8. The van der Waals surface area contributed by atoms with Crippen LogP contribution in [0.3, 0.4) is 0 Å². The highest BCUT2D eigenvalue weighted by Gasteiger charge is 2.00. The maximum absolute atomic E-state index is 11.1. The van der Waals surface area contributed by atoms with Gasteiger partial charge in [0.1, 0.15) is 0 Å². The van der Waals surface area contributed by atoms with Crippen molar-refractivity contribution >= 4 is 17.5 Å². The average molecular weight is 238 g/mol. The molecule has 0 fully saturated rings. The third-order valence-electron chi connectivity index (χ3n) is 2.63. The summed E-state index contributed by atoms with van der Waals surface area (Å²) in [6, 6.07) is 13.1. The fourth-order valence-electron chi connectivity index (χ4n) is 1.63. The Morgan fingerprint density at radius 3 is 2.56 bits per heavy atom. The second kappa shape index (κ2) is 5.77. The van der Waals surface area contributed by atoms with Gasteiger partial charge in [-0.2, -0.15) is 0 Å². The molecule has 1 aromatic heterocycles. The molecule has 1 aromatic carbocycles. The molecule has 1 heterocycles. The van der Waals surface area contributed by atoms with E-state index in [1.165, 1.54) is 0 Å². The predicted octanol–water partition coefficient (Wildman–Crippen LogP) is 2.49. The molecule has 0 spiro atoms. The number of allylic oxidation sites excluding steroid dienone is 2. The molecule has 0 atom stereocenters. The number of nitrogens with zero attached hydrogens (tertiary/aromatic N) is 1. The Morgan fingerprint density at radius 2 is 1.94 bits per heavy atom. The van der Waals surface area contributed by atoms with E-state index in [0.29, 0.717) is 17.7 Å². The van der Waals surface area contributed by atoms with Gasteiger partial charge in [-0.25, -0.2) is 0 Å². The van der Waals surface area contributed by atoms with Gasteiger partial charge < -0.3 is 5.73 Å². The van der Waals surface area contributed by atoms with Gasteiger partial charge in [-0.05, 0) is 36.2 Å². The van der Waals surface area contributed by atoms with Gasteiger partial charge in [0.05, 0.1) is 5.69 Å². The van der Waals surface area contributed by atoms with Crippen LogP contribution in [0.5, 0.6) is 0 Å². The predicted molar refractivity (Wildman–Crippen MR) is 72.8 cm³/mol. The topological polar surface area (TPSA) is 56.0 Å². The summed E-state index contributed by atoms with van der Waals surface area (Å²) in [5.74, 6) is 0. The summed E-state index contributed by atoms with van der Waals surface area (Å²) in [5, 5.41) is 0. The SMILES string of the molecule is Nc1ccc(C/C=C(/C=O)c2ccccn2)cc1. The molecule has 90 valence electrons. The van der Waals surface area contributed by atoms with E-state index in [9.17, 15) is 4.79 Å². The highest BCUT2D eigenvalue weighted by atomic mass is 16.1. The number of hydrogen-bond acceptors (Lipinski definition) is 3. The molecule has 3 nitrogen and oxygen atoms in total. The van der Waals surface area contributed by atoms with Gasteiger partial charge in [0.15, 0.2) is 6.29 Å². The van der Waals surface area contributed by atoms with Crippen molar-refractivity contribution in [3.8, 4) is 0 Å². The molecular weight excluding hydrogens is 224 g/mol. The molecule has 2 aromatic rings. The van der Waals surface area contributed by atoms with Crippen LogP contribution in [0, 0.1) is 0 Å². The van der Waals surface area contributed by atoms with Gasteiger partial charge in [0.25, 0.3) is 0 Å². The Kier molecular flexibility index (Phi) is 3.86. The Bertz CT molecular complexity index is 544. The first-order valence-corrected chi connectivity index (χ1v) is 5.71. The third-order valence-corrected chi connectivity index (χ3v) is 2.63. The van der Waals surface area contributed by atoms with Crippen LogP contribution in [-0.4, -0.2) is 11.3 Å². The lowest BCUT2D eigenvalue weighted by atomic mass is 10.1. The monoisotopic (exact) mass is 238 g/mol. The molecule has 0 bridgehead atoms. The lowest BCUT2D eigenvalue weighted by Crippen LogP contribution is -1.91. The summed E-state index contributed by atoms with van der Waals surface area (Å²) < 4.78 is 0. The Hall–Kier alpha value is -2.42. The number of benzene rings is 1. The Labute approximate surface area is 106 Å². The van der Waals surface area contributed by atoms with Gasteiger partial charge in [-0.3, -0.25) is 9.78 Å². The van der Waals surface area contributed by atoms with Crippen LogP contribution in [-0.2, 0) is 11.2 Å². The number of aldehydes is 1. The molecule has 0 saturated carbocycles. The largest absolute Gasteiger partial charge is 0.399 e. The smallest absolute Gasteiger partial charge is 0.151 e. The van der Waals surface area contributed by atoms with Crippen LogP contribution in [0.4, 0.5) is 5.69 Å². The summed E-state index contributed by atoms with van der Waals surface area (Å²) in [6.07, 6.45) is 5.07. The van der Waals surface area contributed by atoms with Crippen molar-refractivity contribution in [1.82, 2.24) is 4.98 Å². The Balaban J connectivity index is 2.16. The lowest BCUT2D eigenvalue weighted by molar-refractivity contribution is -0.103. The molecule has 0 aliphatic rings. The van der Waals surface area contributed by atoms with Crippen molar-refractivity contribution in [1.29, 1.82) is 0 Å². The second-order valence-electron chi connectivity index (χ2n) is 3.94. The molecule has 0 radical (unpaired) electrons. The van der Waals surface area contributed by atoms with Crippen LogP contribution in [0.1, 0.15) is 11.3 Å². The number of pyridine rings is 1. The minimum absolute atomic E-state index is 0.604. The number of carbonyl (C=O) groups excluding carboxylic acids is 1. The van der Waals surface area contributed by atoms with E-state index in [4.69, 9.17) is 5.73 Å². The van der Waals surface area contributed by atoms with E-state index < -0.39 is 0 Å².